The van der Waals surface area contributed by atoms with Crippen LogP contribution in [0.4, 0.5) is 0 Å². The van der Waals surface area contributed by atoms with Gasteiger partial charge in [0.25, 0.3) is 0 Å². The van der Waals surface area contributed by atoms with Crippen molar-refractivity contribution in [3.05, 3.63) is 41.3 Å². The van der Waals surface area contributed by atoms with Gasteiger partial charge in [0.2, 0.25) is 11.8 Å². The summed E-state index contributed by atoms with van der Waals surface area (Å²) < 4.78 is 5.80. The first-order valence-corrected chi connectivity index (χ1v) is 8.96. The van der Waals surface area contributed by atoms with Crippen LogP contribution in [0.15, 0.2) is 28.7 Å². The molecular formula is C20H28N2O2. The summed E-state index contributed by atoms with van der Waals surface area (Å²) in [7, 11) is 0. The van der Waals surface area contributed by atoms with Crippen LogP contribution in [0, 0.1) is 6.92 Å². The van der Waals surface area contributed by atoms with Crippen LogP contribution in [0.2, 0.25) is 0 Å². The van der Waals surface area contributed by atoms with E-state index in [0.717, 1.165) is 55.7 Å². The number of hydrogen-bond acceptors (Lipinski definition) is 3. The van der Waals surface area contributed by atoms with Crippen molar-refractivity contribution >= 4 is 5.91 Å². The molecule has 0 radical (unpaired) electrons. The first-order chi connectivity index (χ1) is 11.6. The molecule has 0 fully saturated rings. The number of carbonyl (C=O) groups excluding carboxylic acids is 1. The number of benzene rings is 1. The fourth-order valence-electron chi connectivity index (χ4n) is 2.58. The molecule has 1 heterocycles. The maximum atomic E-state index is 11.7. The molecule has 0 spiro atoms. The van der Waals surface area contributed by atoms with Gasteiger partial charge in [0.1, 0.15) is 5.76 Å². The van der Waals surface area contributed by atoms with Gasteiger partial charge in [-0.15, -0.1) is 0 Å². The third-order valence-electron chi connectivity index (χ3n) is 4.17. The lowest BCUT2D eigenvalue weighted by Crippen LogP contribution is -2.24. The van der Waals surface area contributed by atoms with Gasteiger partial charge >= 0.3 is 0 Å². The van der Waals surface area contributed by atoms with Crippen molar-refractivity contribution in [1.29, 1.82) is 0 Å². The Labute approximate surface area is 144 Å². The Morgan fingerprint density at radius 3 is 2.58 bits per heavy atom. The number of aryl methyl sites for hydroxylation is 3. The molecule has 1 aromatic heterocycles. The van der Waals surface area contributed by atoms with Crippen molar-refractivity contribution in [2.75, 3.05) is 6.54 Å². The number of hydrogen-bond donors (Lipinski definition) is 1. The van der Waals surface area contributed by atoms with Gasteiger partial charge in [0.15, 0.2) is 0 Å². The molecule has 0 unspecified atom stereocenters. The van der Waals surface area contributed by atoms with Crippen molar-refractivity contribution in [1.82, 2.24) is 10.3 Å². The Balaban J connectivity index is 1.88. The second-order valence-corrected chi connectivity index (χ2v) is 6.13. The zero-order chi connectivity index (χ0) is 17.4. The third-order valence-corrected chi connectivity index (χ3v) is 4.17. The number of nitrogens with one attached hydrogen (secondary N) is 1. The highest BCUT2D eigenvalue weighted by Gasteiger charge is 2.12. The van der Waals surface area contributed by atoms with E-state index in [-0.39, 0.29) is 5.91 Å². The third kappa shape index (κ3) is 5.22. The number of nitrogens with zero attached hydrogens (tertiary/aromatic N) is 1. The predicted molar refractivity (Wildman–Crippen MR) is 96.9 cm³/mol. The van der Waals surface area contributed by atoms with E-state index in [4.69, 9.17) is 4.42 Å². The minimum Gasteiger partial charge on any atom is -0.441 e. The normalized spacial score (nSPS) is 10.8. The van der Waals surface area contributed by atoms with Crippen molar-refractivity contribution in [2.24, 2.45) is 0 Å². The Kier molecular flexibility index (Phi) is 7.04. The van der Waals surface area contributed by atoms with Crippen LogP contribution in [-0.4, -0.2) is 17.4 Å². The van der Waals surface area contributed by atoms with E-state index in [1.54, 1.807) is 0 Å². The standard InChI is InChI=1S/C20H28N2O2/c1-4-6-14-21-19(23)9-7-8-18-15(3)24-20(22-18)17-12-10-16(5-2)11-13-17/h10-13H,4-9,14H2,1-3H3,(H,21,23). The quantitative estimate of drug-likeness (QED) is 0.692. The van der Waals surface area contributed by atoms with Gasteiger partial charge in [0, 0.05) is 18.5 Å². The van der Waals surface area contributed by atoms with Crippen LogP contribution >= 0.6 is 0 Å². The van der Waals surface area contributed by atoms with Crippen LogP contribution in [0.1, 0.15) is 56.5 Å². The van der Waals surface area contributed by atoms with Gasteiger partial charge < -0.3 is 9.73 Å². The largest absolute Gasteiger partial charge is 0.441 e. The molecule has 0 saturated heterocycles. The predicted octanol–water partition coefficient (Wildman–Crippen LogP) is 4.45. The second kappa shape index (κ2) is 9.26. The number of unbranched alkanes of at least 4 members (excludes halogenated alkanes) is 1. The molecule has 1 N–H and O–H groups in total. The fourth-order valence-corrected chi connectivity index (χ4v) is 2.58. The van der Waals surface area contributed by atoms with Crippen LogP contribution in [0.3, 0.4) is 0 Å². The lowest BCUT2D eigenvalue weighted by atomic mass is 10.1. The van der Waals surface area contributed by atoms with E-state index >= 15 is 0 Å². The summed E-state index contributed by atoms with van der Waals surface area (Å²) in [6.07, 6.45) is 5.25. The summed E-state index contributed by atoms with van der Waals surface area (Å²) >= 11 is 0. The SMILES string of the molecule is CCCCNC(=O)CCCc1nc(-c2ccc(CC)cc2)oc1C. The highest BCUT2D eigenvalue weighted by Crippen LogP contribution is 2.23. The van der Waals surface area contributed by atoms with Crippen molar-refractivity contribution < 1.29 is 9.21 Å². The van der Waals surface area contributed by atoms with Gasteiger partial charge in [-0.2, -0.15) is 0 Å². The first kappa shape index (κ1) is 18.2. The number of rotatable bonds is 9. The van der Waals surface area contributed by atoms with Gasteiger partial charge in [0.05, 0.1) is 5.69 Å². The average molecular weight is 328 g/mol. The highest BCUT2D eigenvalue weighted by molar-refractivity contribution is 5.75. The Morgan fingerprint density at radius 2 is 1.92 bits per heavy atom. The summed E-state index contributed by atoms with van der Waals surface area (Å²) in [5.74, 6) is 1.63. The van der Waals surface area contributed by atoms with Gasteiger partial charge in [-0.1, -0.05) is 32.4 Å². The van der Waals surface area contributed by atoms with Crippen LogP contribution in [-0.2, 0) is 17.6 Å². The molecule has 4 nitrogen and oxygen atoms in total. The maximum Gasteiger partial charge on any atom is 0.226 e. The van der Waals surface area contributed by atoms with Crippen LogP contribution in [0.25, 0.3) is 11.5 Å². The molecule has 130 valence electrons. The molecule has 0 aliphatic carbocycles. The number of oxazole rings is 1. The molecule has 1 amide bonds. The lowest BCUT2D eigenvalue weighted by molar-refractivity contribution is -0.121. The monoisotopic (exact) mass is 328 g/mol. The van der Waals surface area contributed by atoms with E-state index in [1.165, 1.54) is 5.56 Å². The molecular weight excluding hydrogens is 300 g/mol. The van der Waals surface area contributed by atoms with Crippen molar-refractivity contribution in [3.8, 4) is 11.5 Å². The topological polar surface area (TPSA) is 55.1 Å². The fraction of sp³-hybridized carbons (Fsp3) is 0.500. The second-order valence-electron chi connectivity index (χ2n) is 6.13. The van der Waals surface area contributed by atoms with E-state index in [2.05, 4.69) is 48.4 Å². The Bertz CT molecular complexity index is 644. The van der Waals surface area contributed by atoms with E-state index in [9.17, 15) is 4.79 Å². The van der Waals surface area contributed by atoms with E-state index in [0.29, 0.717) is 12.3 Å². The zero-order valence-electron chi connectivity index (χ0n) is 15.0. The molecule has 4 heteroatoms. The molecule has 0 saturated carbocycles. The maximum absolute atomic E-state index is 11.7. The Hall–Kier alpha value is -2.10. The molecule has 1 aromatic carbocycles. The molecule has 0 aliphatic heterocycles. The van der Waals surface area contributed by atoms with Gasteiger partial charge in [-0.25, -0.2) is 4.98 Å². The minimum atomic E-state index is 0.125. The van der Waals surface area contributed by atoms with E-state index < -0.39 is 0 Å². The summed E-state index contributed by atoms with van der Waals surface area (Å²) in [5, 5.41) is 2.94. The Morgan fingerprint density at radius 1 is 1.17 bits per heavy atom. The minimum absolute atomic E-state index is 0.125. The summed E-state index contributed by atoms with van der Waals surface area (Å²) in [6, 6.07) is 8.31. The smallest absolute Gasteiger partial charge is 0.226 e. The van der Waals surface area contributed by atoms with Gasteiger partial charge in [-0.05, 0) is 50.3 Å². The summed E-state index contributed by atoms with van der Waals surface area (Å²) in [4.78, 5) is 16.3. The molecule has 2 aromatic rings. The summed E-state index contributed by atoms with van der Waals surface area (Å²) in [6.45, 7) is 6.97. The van der Waals surface area contributed by atoms with Gasteiger partial charge in [-0.3, -0.25) is 4.79 Å². The molecule has 2 rings (SSSR count). The van der Waals surface area contributed by atoms with Crippen LogP contribution < -0.4 is 5.32 Å². The average Bonchev–Trinajstić information content (AvgIpc) is 2.96. The highest BCUT2D eigenvalue weighted by atomic mass is 16.4. The van der Waals surface area contributed by atoms with E-state index in [1.807, 2.05) is 6.92 Å². The molecule has 0 atom stereocenters. The lowest BCUT2D eigenvalue weighted by Gasteiger charge is -2.03. The molecule has 0 bridgehead atoms. The number of aromatic nitrogens is 1. The molecule has 24 heavy (non-hydrogen) atoms. The first-order valence-electron chi connectivity index (χ1n) is 8.96. The summed E-state index contributed by atoms with van der Waals surface area (Å²) in [5.41, 5.74) is 3.25. The van der Waals surface area contributed by atoms with Crippen molar-refractivity contribution in [3.63, 3.8) is 0 Å². The number of amides is 1. The van der Waals surface area contributed by atoms with Crippen molar-refractivity contribution in [2.45, 2.75) is 59.3 Å². The zero-order valence-corrected chi connectivity index (χ0v) is 15.0. The number of carbonyl (C=O) groups is 1. The van der Waals surface area contributed by atoms with Crippen LogP contribution in [0.5, 0.6) is 0 Å². The molecule has 0 aliphatic rings.